The van der Waals surface area contributed by atoms with E-state index in [9.17, 15) is 4.79 Å². The highest BCUT2D eigenvalue weighted by Crippen LogP contribution is 2.14. The van der Waals surface area contributed by atoms with Crippen LogP contribution >= 0.6 is 0 Å². The summed E-state index contributed by atoms with van der Waals surface area (Å²) in [4.78, 5) is 16.4. The molecule has 4 heteroatoms. The molecule has 0 saturated heterocycles. The minimum Gasteiger partial charge on any atom is -0.385 e. The van der Waals surface area contributed by atoms with Crippen molar-refractivity contribution in [2.75, 3.05) is 11.9 Å². The van der Waals surface area contributed by atoms with Gasteiger partial charge < -0.3 is 10.6 Å². The minimum absolute atomic E-state index is 0.0531. The average Bonchev–Trinajstić information content (AvgIpc) is 2.48. The predicted octanol–water partition coefficient (Wildman–Crippen LogP) is 3.31. The number of pyridine rings is 1. The van der Waals surface area contributed by atoms with E-state index in [4.69, 9.17) is 0 Å². The maximum absolute atomic E-state index is 12.3. The van der Waals surface area contributed by atoms with E-state index in [0.29, 0.717) is 5.69 Å². The molecule has 1 heterocycles. The van der Waals surface area contributed by atoms with Gasteiger partial charge in [0.15, 0.2) is 0 Å². The Bertz CT molecular complexity index is 608. The molecule has 1 aromatic carbocycles. The summed E-state index contributed by atoms with van der Waals surface area (Å²) >= 11 is 0. The summed E-state index contributed by atoms with van der Waals surface area (Å²) in [6.45, 7) is 6.84. The smallest absolute Gasteiger partial charge is 0.270 e. The van der Waals surface area contributed by atoms with Crippen LogP contribution in [0.4, 0.5) is 5.69 Å². The van der Waals surface area contributed by atoms with E-state index < -0.39 is 0 Å². The molecule has 1 atom stereocenters. The summed E-state index contributed by atoms with van der Waals surface area (Å²) in [6.07, 6.45) is 1.64. The molecule has 1 unspecified atom stereocenters. The fourth-order valence-electron chi connectivity index (χ4n) is 2.08. The van der Waals surface area contributed by atoms with Gasteiger partial charge in [-0.05, 0) is 38.5 Å². The molecule has 2 N–H and O–H groups in total. The van der Waals surface area contributed by atoms with Gasteiger partial charge in [0.2, 0.25) is 0 Å². The third kappa shape index (κ3) is 4.05. The molecule has 2 aromatic rings. The molecule has 0 bridgehead atoms. The maximum atomic E-state index is 12.3. The lowest BCUT2D eigenvalue weighted by atomic mass is 10.1. The SMILES string of the molecule is CCNc1ccnc(C(=O)NC(C)c2ccc(C)cc2)c1. The number of benzene rings is 1. The van der Waals surface area contributed by atoms with Crippen molar-refractivity contribution in [1.82, 2.24) is 10.3 Å². The standard InChI is InChI=1S/C17H21N3O/c1-4-18-15-9-10-19-16(11-15)17(21)20-13(3)14-7-5-12(2)6-8-14/h5-11,13H,4H2,1-3H3,(H,18,19)(H,20,21). The van der Waals surface area contributed by atoms with Gasteiger partial charge in [-0.3, -0.25) is 9.78 Å². The molecule has 110 valence electrons. The highest BCUT2D eigenvalue weighted by molar-refractivity contribution is 5.93. The van der Waals surface area contributed by atoms with E-state index in [2.05, 4.69) is 15.6 Å². The van der Waals surface area contributed by atoms with E-state index in [-0.39, 0.29) is 11.9 Å². The quantitative estimate of drug-likeness (QED) is 0.885. The second kappa shape index (κ2) is 6.88. The number of anilines is 1. The van der Waals surface area contributed by atoms with E-state index >= 15 is 0 Å². The van der Waals surface area contributed by atoms with Gasteiger partial charge in [-0.25, -0.2) is 0 Å². The highest BCUT2D eigenvalue weighted by Gasteiger charge is 2.12. The van der Waals surface area contributed by atoms with Crippen LogP contribution in [0.5, 0.6) is 0 Å². The van der Waals surface area contributed by atoms with Crippen LogP contribution in [-0.4, -0.2) is 17.4 Å². The van der Waals surface area contributed by atoms with Crippen LogP contribution in [0.25, 0.3) is 0 Å². The average molecular weight is 283 g/mol. The summed E-state index contributed by atoms with van der Waals surface area (Å²) in [7, 11) is 0. The molecular formula is C17H21N3O. The Kier molecular flexibility index (Phi) is 4.93. The number of amides is 1. The molecular weight excluding hydrogens is 262 g/mol. The molecule has 0 aliphatic heterocycles. The fourth-order valence-corrected chi connectivity index (χ4v) is 2.08. The van der Waals surface area contributed by atoms with Crippen molar-refractivity contribution in [1.29, 1.82) is 0 Å². The van der Waals surface area contributed by atoms with Gasteiger partial charge in [0.1, 0.15) is 5.69 Å². The number of carbonyl (C=O) groups excluding carboxylic acids is 1. The Morgan fingerprint density at radius 1 is 1.24 bits per heavy atom. The molecule has 0 aliphatic carbocycles. The summed E-state index contributed by atoms with van der Waals surface area (Å²) in [5, 5.41) is 6.15. The zero-order valence-electron chi connectivity index (χ0n) is 12.7. The Balaban J connectivity index is 2.06. The lowest BCUT2D eigenvalue weighted by Crippen LogP contribution is -2.27. The largest absolute Gasteiger partial charge is 0.385 e. The molecule has 1 aromatic heterocycles. The molecule has 0 radical (unpaired) electrons. The highest BCUT2D eigenvalue weighted by atomic mass is 16.1. The second-order valence-corrected chi connectivity index (χ2v) is 5.07. The van der Waals surface area contributed by atoms with E-state index in [1.165, 1.54) is 5.56 Å². The molecule has 1 amide bonds. The monoisotopic (exact) mass is 283 g/mol. The van der Waals surface area contributed by atoms with Crippen molar-refractivity contribution < 1.29 is 4.79 Å². The van der Waals surface area contributed by atoms with Crippen molar-refractivity contribution >= 4 is 11.6 Å². The van der Waals surface area contributed by atoms with Gasteiger partial charge >= 0.3 is 0 Å². The van der Waals surface area contributed by atoms with Crippen molar-refractivity contribution in [3.05, 3.63) is 59.4 Å². The van der Waals surface area contributed by atoms with Crippen LogP contribution in [0.3, 0.4) is 0 Å². The molecule has 0 fully saturated rings. The van der Waals surface area contributed by atoms with Crippen LogP contribution in [0.2, 0.25) is 0 Å². The number of aryl methyl sites for hydroxylation is 1. The molecule has 0 spiro atoms. The maximum Gasteiger partial charge on any atom is 0.270 e. The first-order chi connectivity index (χ1) is 10.1. The number of aromatic nitrogens is 1. The number of nitrogens with one attached hydrogen (secondary N) is 2. The topological polar surface area (TPSA) is 54.0 Å². The predicted molar refractivity (Wildman–Crippen MR) is 85.5 cm³/mol. The molecule has 21 heavy (non-hydrogen) atoms. The summed E-state index contributed by atoms with van der Waals surface area (Å²) in [5.41, 5.74) is 3.61. The number of rotatable bonds is 5. The van der Waals surface area contributed by atoms with Crippen molar-refractivity contribution in [2.45, 2.75) is 26.8 Å². The van der Waals surface area contributed by atoms with Gasteiger partial charge in [-0.15, -0.1) is 0 Å². The van der Waals surface area contributed by atoms with Crippen molar-refractivity contribution in [2.24, 2.45) is 0 Å². The van der Waals surface area contributed by atoms with E-state index in [1.54, 1.807) is 12.3 Å². The number of hydrogen-bond acceptors (Lipinski definition) is 3. The first-order valence-corrected chi connectivity index (χ1v) is 7.17. The van der Waals surface area contributed by atoms with E-state index in [1.807, 2.05) is 51.1 Å². The molecule has 4 nitrogen and oxygen atoms in total. The van der Waals surface area contributed by atoms with Crippen LogP contribution in [-0.2, 0) is 0 Å². The lowest BCUT2D eigenvalue weighted by Gasteiger charge is -2.14. The zero-order valence-corrected chi connectivity index (χ0v) is 12.7. The van der Waals surface area contributed by atoms with Gasteiger partial charge in [-0.2, -0.15) is 0 Å². The zero-order chi connectivity index (χ0) is 15.2. The van der Waals surface area contributed by atoms with Crippen LogP contribution in [0.15, 0.2) is 42.6 Å². The van der Waals surface area contributed by atoms with Crippen LogP contribution < -0.4 is 10.6 Å². The van der Waals surface area contributed by atoms with Crippen LogP contribution in [0.1, 0.15) is 41.5 Å². The fraction of sp³-hybridized carbons (Fsp3) is 0.294. The van der Waals surface area contributed by atoms with Gasteiger partial charge in [-0.1, -0.05) is 29.8 Å². The number of hydrogen-bond donors (Lipinski definition) is 2. The molecule has 0 aliphatic rings. The lowest BCUT2D eigenvalue weighted by molar-refractivity contribution is 0.0935. The Morgan fingerprint density at radius 2 is 1.95 bits per heavy atom. The van der Waals surface area contributed by atoms with E-state index in [0.717, 1.165) is 17.8 Å². The third-order valence-electron chi connectivity index (χ3n) is 3.30. The van der Waals surface area contributed by atoms with Gasteiger partial charge in [0, 0.05) is 18.4 Å². The van der Waals surface area contributed by atoms with Crippen molar-refractivity contribution in [3.63, 3.8) is 0 Å². The third-order valence-corrected chi connectivity index (χ3v) is 3.30. The first-order valence-electron chi connectivity index (χ1n) is 7.17. The summed E-state index contributed by atoms with van der Waals surface area (Å²) < 4.78 is 0. The minimum atomic E-state index is -0.164. The number of carbonyl (C=O) groups is 1. The van der Waals surface area contributed by atoms with Crippen molar-refractivity contribution in [3.8, 4) is 0 Å². The normalized spacial score (nSPS) is 11.8. The van der Waals surface area contributed by atoms with Gasteiger partial charge in [0.25, 0.3) is 5.91 Å². The molecule has 0 saturated carbocycles. The Labute approximate surface area is 125 Å². The van der Waals surface area contributed by atoms with Crippen LogP contribution in [0, 0.1) is 6.92 Å². The van der Waals surface area contributed by atoms with Gasteiger partial charge in [0.05, 0.1) is 6.04 Å². The summed E-state index contributed by atoms with van der Waals surface area (Å²) in [6, 6.07) is 11.7. The molecule has 2 rings (SSSR count). The second-order valence-electron chi connectivity index (χ2n) is 5.07. The Morgan fingerprint density at radius 3 is 2.62 bits per heavy atom. The number of nitrogens with zero attached hydrogens (tertiary/aromatic N) is 1. The summed E-state index contributed by atoms with van der Waals surface area (Å²) in [5.74, 6) is -0.164. The Hall–Kier alpha value is -2.36. The first kappa shape index (κ1) is 15.0.